The summed E-state index contributed by atoms with van der Waals surface area (Å²) >= 11 is 0. The summed E-state index contributed by atoms with van der Waals surface area (Å²) in [6.07, 6.45) is 79.6. The molecule has 0 aliphatic carbocycles. The molecule has 0 radical (unpaired) electrons. The van der Waals surface area contributed by atoms with Crippen LogP contribution in [0.2, 0.25) is 0 Å². The van der Waals surface area contributed by atoms with Crippen LogP contribution in [0.3, 0.4) is 0 Å². The van der Waals surface area contributed by atoms with Crippen molar-refractivity contribution in [3.8, 4) is 0 Å². The first-order chi connectivity index (χ1) is 37.0. The number of hydrogen-bond donors (Lipinski definition) is 3. The number of aliphatic hydroxyl groups is 2. The number of amides is 1. The molecule has 0 heterocycles. The van der Waals surface area contributed by atoms with Crippen molar-refractivity contribution in [3.63, 3.8) is 0 Å². The Morgan fingerprint density at radius 2 is 0.627 bits per heavy atom. The third-order valence-electron chi connectivity index (χ3n) is 16.3. The highest BCUT2D eigenvalue weighted by Crippen LogP contribution is 2.19. The molecule has 0 aromatic rings. The summed E-state index contributed by atoms with van der Waals surface area (Å²) in [7, 11) is 0. The molecular weight excluding hydrogens is 923 g/mol. The van der Waals surface area contributed by atoms with Gasteiger partial charge < -0.3 is 20.3 Å². The Morgan fingerprint density at radius 3 is 0.947 bits per heavy atom. The number of unbranched alkanes of at least 4 members (excludes halogenated alkanes) is 52. The van der Waals surface area contributed by atoms with Crippen LogP contribution in [0.4, 0.5) is 0 Å². The van der Waals surface area contributed by atoms with Crippen LogP contribution in [0.5, 0.6) is 0 Å². The quantitative estimate of drug-likeness (QED) is 0.0320. The summed E-state index contributed by atoms with van der Waals surface area (Å²) in [5.41, 5.74) is 0. The predicted molar refractivity (Wildman–Crippen MR) is 329 cm³/mol. The second-order valence-corrected chi connectivity index (χ2v) is 23.9. The molecule has 2 unspecified atom stereocenters. The first-order valence-corrected chi connectivity index (χ1v) is 34.4. The van der Waals surface area contributed by atoms with E-state index in [0.29, 0.717) is 25.9 Å². The summed E-state index contributed by atoms with van der Waals surface area (Å²) in [5, 5.41) is 23.4. The van der Waals surface area contributed by atoms with Gasteiger partial charge in [0, 0.05) is 12.8 Å². The average molecular weight is 1060 g/mol. The van der Waals surface area contributed by atoms with Crippen LogP contribution in [0.15, 0.2) is 12.2 Å². The highest BCUT2D eigenvalue weighted by molar-refractivity contribution is 5.76. The maximum absolute atomic E-state index is 12.5. The van der Waals surface area contributed by atoms with E-state index in [2.05, 4.69) is 31.3 Å². The number of aliphatic hydroxyl groups excluding tert-OH is 2. The fourth-order valence-electron chi connectivity index (χ4n) is 11.1. The van der Waals surface area contributed by atoms with Crippen molar-refractivity contribution >= 4 is 11.9 Å². The summed E-state index contributed by atoms with van der Waals surface area (Å²) in [6, 6.07) is -0.554. The minimum Gasteiger partial charge on any atom is -0.466 e. The van der Waals surface area contributed by atoms with Crippen LogP contribution in [-0.4, -0.2) is 47.4 Å². The van der Waals surface area contributed by atoms with Crippen LogP contribution < -0.4 is 5.32 Å². The summed E-state index contributed by atoms with van der Waals surface area (Å²) in [5.74, 6) is -0.0436. The van der Waals surface area contributed by atoms with E-state index in [4.69, 9.17) is 4.74 Å². The van der Waals surface area contributed by atoms with Crippen molar-refractivity contribution in [3.05, 3.63) is 12.2 Å². The molecule has 446 valence electrons. The van der Waals surface area contributed by atoms with Gasteiger partial charge in [-0.25, -0.2) is 0 Å². The Hall–Kier alpha value is -1.40. The van der Waals surface area contributed by atoms with Crippen LogP contribution in [-0.2, 0) is 14.3 Å². The van der Waals surface area contributed by atoms with Gasteiger partial charge in [0.25, 0.3) is 0 Å². The van der Waals surface area contributed by atoms with Crippen LogP contribution in [0.1, 0.15) is 393 Å². The number of allylic oxidation sites excluding steroid dienone is 2. The third-order valence-corrected chi connectivity index (χ3v) is 16.3. The Kier molecular flexibility index (Phi) is 63.9. The lowest BCUT2D eigenvalue weighted by Crippen LogP contribution is -2.45. The molecule has 0 aromatic heterocycles. The molecule has 0 saturated carbocycles. The molecule has 0 spiro atoms. The van der Waals surface area contributed by atoms with Gasteiger partial charge in [0.1, 0.15) is 0 Å². The van der Waals surface area contributed by atoms with E-state index in [1.807, 2.05) is 0 Å². The summed E-state index contributed by atoms with van der Waals surface area (Å²) in [4.78, 5) is 24.7. The average Bonchev–Trinajstić information content (AvgIpc) is 3.41. The second kappa shape index (κ2) is 65.1. The molecule has 75 heavy (non-hydrogen) atoms. The van der Waals surface area contributed by atoms with Crippen molar-refractivity contribution in [2.75, 3.05) is 13.2 Å². The molecule has 0 aromatic carbocycles. The largest absolute Gasteiger partial charge is 0.466 e. The van der Waals surface area contributed by atoms with Crippen molar-refractivity contribution in [1.82, 2.24) is 5.32 Å². The van der Waals surface area contributed by atoms with Crippen molar-refractivity contribution in [2.24, 2.45) is 0 Å². The number of nitrogens with one attached hydrogen (secondary N) is 1. The summed E-state index contributed by atoms with van der Waals surface area (Å²) in [6.45, 7) is 4.98. The van der Waals surface area contributed by atoms with Gasteiger partial charge in [-0.2, -0.15) is 0 Å². The zero-order valence-corrected chi connectivity index (χ0v) is 51.1. The molecule has 3 N–H and O–H groups in total. The molecule has 6 heteroatoms. The fourth-order valence-corrected chi connectivity index (χ4v) is 11.1. The molecule has 0 fully saturated rings. The Bertz CT molecular complexity index is 1130. The summed E-state index contributed by atoms with van der Waals surface area (Å²) < 4.78 is 5.50. The number of carbonyl (C=O) groups excluding carboxylic acids is 2. The van der Waals surface area contributed by atoms with Crippen molar-refractivity contribution < 1.29 is 24.5 Å². The molecule has 0 aliphatic rings. The number of esters is 1. The standard InChI is InChI=1S/C69H135NO5/c1-3-5-7-9-11-13-15-17-19-21-23-24-25-26-28-29-33-37-41-45-49-53-57-61-67(72)66(65-71)70-68(73)62-58-54-50-46-42-38-34-31-32-36-40-44-48-52-56-60-64-75-69(74)63-59-55-51-47-43-39-35-30-27-22-20-18-16-14-12-10-8-6-4-2/h31,34,66-67,71-72H,3-30,32-33,35-65H2,1-2H3,(H,70,73)/b34-31-. The van der Waals surface area contributed by atoms with E-state index in [1.165, 1.54) is 295 Å². The molecule has 2 atom stereocenters. The first-order valence-electron chi connectivity index (χ1n) is 34.4. The van der Waals surface area contributed by atoms with Crippen LogP contribution in [0.25, 0.3) is 0 Å². The smallest absolute Gasteiger partial charge is 0.305 e. The topological polar surface area (TPSA) is 95.9 Å². The van der Waals surface area contributed by atoms with E-state index in [1.54, 1.807) is 0 Å². The zero-order valence-electron chi connectivity index (χ0n) is 51.1. The zero-order chi connectivity index (χ0) is 54.3. The second-order valence-electron chi connectivity index (χ2n) is 23.9. The molecule has 0 saturated heterocycles. The molecule has 1 amide bonds. The Labute approximate surface area is 469 Å². The van der Waals surface area contributed by atoms with Gasteiger partial charge in [0.2, 0.25) is 5.91 Å². The van der Waals surface area contributed by atoms with E-state index in [-0.39, 0.29) is 18.5 Å². The molecule has 0 rings (SSSR count). The number of ether oxygens (including phenoxy) is 1. The third kappa shape index (κ3) is 61.7. The number of rotatable bonds is 65. The normalized spacial score (nSPS) is 12.5. The number of carbonyl (C=O) groups is 2. The van der Waals surface area contributed by atoms with Gasteiger partial charge in [-0.1, -0.05) is 341 Å². The molecular formula is C69H135NO5. The van der Waals surface area contributed by atoms with Crippen molar-refractivity contribution in [2.45, 2.75) is 405 Å². The Balaban J connectivity index is 3.42. The van der Waals surface area contributed by atoms with Crippen LogP contribution >= 0.6 is 0 Å². The highest BCUT2D eigenvalue weighted by atomic mass is 16.5. The maximum Gasteiger partial charge on any atom is 0.305 e. The van der Waals surface area contributed by atoms with Gasteiger partial charge in [-0.05, 0) is 51.4 Å². The SMILES string of the molecule is CCCCCCCCCCCCCCCCCCCCCCCCCC(O)C(CO)NC(=O)CCCCCCC/C=C\CCCCCCCCCOC(=O)CCCCCCCCCCCCCCCCCCCCC. The minimum absolute atomic E-state index is 0.00343. The van der Waals surface area contributed by atoms with E-state index in [9.17, 15) is 19.8 Å². The molecule has 0 aliphatic heterocycles. The predicted octanol–water partition coefficient (Wildman–Crippen LogP) is 22.0. The Morgan fingerprint density at radius 1 is 0.360 bits per heavy atom. The van der Waals surface area contributed by atoms with Gasteiger partial charge in [0.15, 0.2) is 0 Å². The van der Waals surface area contributed by atoms with Gasteiger partial charge in [-0.15, -0.1) is 0 Å². The lowest BCUT2D eigenvalue weighted by molar-refractivity contribution is -0.143. The monoisotopic (exact) mass is 1060 g/mol. The number of hydrogen-bond acceptors (Lipinski definition) is 5. The lowest BCUT2D eigenvalue weighted by atomic mass is 10.0. The minimum atomic E-state index is -0.676. The fraction of sp³-hybridized carbons (Fsp3) is 0.942. The maximum atomic E-state index is 12.5. The van der Waals surface area contributed by atoms with E-state index < -0.39 is 12.1 Å². The van der Waals surface area contributed by atoms with Gasteiger partial charge in [0.05, 0.1) is 25.4 Å². The van der Waals surface area contributed by atoms with Crippen molar-refractivity contribution in [1.29, 1.82) is 0 Å². The lowest BCUT2D eigenvalue weighted by Gasteiger charge is -2.22. The van der Waals surface area contributed by atoms with Gasteiger partial charge in [-0.3, -0.25) is 9.59 Å². The van der Waals surface area contributed by atoms with Gasteiger partial charge >= 0.3 is 5.97 Å². The van der Waals surface area contributed by atoms with Crippen LogP contribution in [0, 0.1) is 0 Å². The molecule has 6 nitrogen and oxygen atoms in total. The first kappa shape index (κ1) is 73.6. The molecule has 0 bridgehead atoms. The van der Waals surface area contributed by atoms with E-state index >= 15 is 0 Å². The van der Waals surface area contributed by atoms with E-state index in [0.717, 1.165) is 64.2 Å². The highest BCUT2D eigenvalue weighted by Gasteiger charge is 2.20.